The third-order valence-electron chi connectivity index (χ3n) is 4.04. The molecule has 128 valence electrons. The Morgan fingerprint density at radius 3 is 2.83 bits per heavy atom. The van der Waals surface area contributed by atoms with E-state index in [-0.39, 0.29) is 5.91 Å². The molecule has 0 unspecified atom stereocenters. The lowest BCUT2D eigenvalue weighted by molar-refractivity contribution is 0.0779. The maximum atomic E-state index is 12.6. The van der Waals surface area contributed by atoms with Crippen molar-refractivity contribution >= 4 is 22.9 Å². The van der Waals surface area contributed by atoms with E-state index in [0.717, 1.165) is 36.9 Å². The molecule has 6 nitrogen and oxygen atoms in total. The van der Waals surface area contributed by atoms with E-state index >= 15 is 0 Å². The van der Waals surface area contributed by atoms with Gasteiger partial charge in [-0.05, 0) is 11.6 Å². The zero-order valence-electron chi connectivity index (χ0n) is 13.8. The average molecular weight is 346 g/mol. The van der Waals surface area contributed by atoms with Crippen LogP contribution in [-0.2, 0) is 17.8 Å². The van der Waals surface area contributed by atoms with Crippen LogP contribution in [0.25, 0.3) is 0 Å². The van der Waals surface area contributed by atoms with Crippen molar-refractivity contribution < 1.29 is 9.53 Å². The van der Waals surface area contributed by atoms with Crippen LogP contribution in [0.4, 0.5) is 5.69 Å². The van der Waals surface area contributed by atoms with Crippen LogP contribution in [-0.4, -0.2) is 49.1 Å². The predicted molar refractivity (Wildman–Crippen MR) is 95.3 cm³/mol. The molecule has 0 saturated carbocycles. The van der Waals surface area contributed by atoms with Crippen LogP contribution in [0.15, 0.2) is 29.6 Å². The fourth-order valence-corrected chi connectivity index (χ4v) is 3.43. The Labute approximate surface area is 145 Å². The van der Waals surface area contributed by atoms with Crippen LogP contribution in [0.5, 0.6) is 0 Å². The fourth-order valence-electron chi connectivity index (χ4n) is 2.78. The normalized spacial score (nSPS) is 14.7. The van der Waals surface area contributed by atoms with Gasteiger partial charge in [-0.3, -0.25) is 4.79 Å². The monoisotopic (exact) mass is 346 g/mol. The second kappa shape index (κ2) is 7.74. The maximum absolute atomic E-state index is 12.6. The first-order chi connectivity index (χ1) is 11.7. The van der Waals surface area contributed by atoms with E-state index in [2.05, 4.69) is 22.0 Å². The first-order valence-corrected chi connectivity index (χ1v) is 8.87. The van der Waals surface area contributed by atoms with Gasteiger partial charge in [0, 0.05) is 44.3 Å². The molecule has 1 aromatic heterocycles. The number of carbonyl (C=O) groups is 1. The van der Waals surface area contributed by atoms with Crippen LogP contribution in [0.1, 0.15) is 21.1 Å². The Morgan fingerprint density at radius 1 is 1.38 bits per heavy atom. The molecule has 24 heavy (non-hydrogen) atoms. The van der Waals surface area contributed by atoms with Gasteiger partial charge >= 0.3 is 0 Å². The number of rotatable bonds is 5. The van der Waals surface area contributed by atoms with E-state index in [4.69, 9.17) is 10.5 Å². The molecule has 1 aromatic carbocycles. The van der Waals surface area contributed by atoms with E-state index in [0.29, 0.717) is 18.8 Å². The Bertz CT molecular complexity index is 697. The van der Waals surface area contributed by atoms with Crippen molar-refractivity contribution in [2.45, 2.75) is 13.1 Å². The number of carbonyl (C=O) groups excluding carboxylic acids is 1. The summed E-state index contributed by atoms with van der Waals surface area (Å²) in [7, 11) is 1.81. The summed E-state index contributed by atoms with van der Waals surface area (Å²) in [6.07, 6.45) is 0. The van der Waals surface area contributed by atoms with Crippen molar-refractivity contribution in [3.63, 3.8) is 0 Å². The topological polar surface area (TPSA) is 71.7 Å². The Morgan fingerprint density at radius 2 is 2.12 bits per heavy atom. The highest BCUT2D eigenvalue weighted by Crippen LogP contribution is 2.23. The zero-order chi connectivity index (χ0) is 16.9. The summed E-state index contributed by atoms with van der Waals surface area (Å²) in [5.41, 5.74) is 8.33. The number of amides is 1. The van der Waals surface area contributed by atoms with Crippen molar-refractivity contribution in [1.82, 2.24) is 9.88 Å². The molecule has 1 amide bonds. The molecule has 3 rings (SSSR count). The van der Waals surface area contributed by atoms with E-state index in [9.17, 15) is 4.79 Å². The van der Waals surface area contributed by atoms with Gasteiger partial charge in [0.2, 0.25) is 0 Å². The van der Waals surface area contributed by atoms with Crippen molar-refractivity contribution in [1.29, 1.82) is 0 Å². The molecule has 0 bridgehead atoms. The first kappa shape index (κ1) is 16.9. The number of anilines is 1. The third-order valence-corrected chi connectivity index (χ3v) is 4.91. The largest absolute Gasteiger partial charge is 0.378 e. The van der Waals surface area contributed by atoms with E-state index in [1.807, 2.05) is 12.1 Å². The molecule has 7 heteroatoms. The van der Waals surface area contributed by atoms with Crippen LogP contribution in [0.2, 0.25) is 0 Å². The summed E-state index contributed by atoms with van der Waals surface area (Å²) in [5, 5.41) is 2.55. The number of para-hydroxylation sites is 1. The van der Waals surface area contributed by atoms with Crippen molar-refractivity contribution in [2.75, 3.05) is 38.3 Å². The number of ether oxygens (including phenoxy) is 1. The minimum Gasteiger partial charge on any atom is -0.378 e. The SMILES string of the molecule is CN(Cc1ccccc1N1CCOCC1)C(=O)c1csc(CN)n1. The molecule has 0 atom stereocenters. The van der Waals surface area contributed by atoms with Gasteiger partial charge in [-0.2, -0.15) is 0 Å². The maximum Gasteiger partial charge on any atom is 0.273 e. The highest BCUT2D eigenvalue weighted by molar-refractivity contribution is 7.09. The molecule has 2 aromatic rings. The Balaban J connectivity index is 1.74. The highest BCUT2D eigenvalue weighted by Gasteiger charge is 2.19. The molecule has 1 aliphatic heterocycles. The standard InChI is InChI=1S/C17H22N4O2S/c1-20(17(22)14-12-24-16(10-18)19-14)11-13-4-2-3-5-15(13)21-6-8-23-9-7-21/h2-5,12H,6-11,18H2,1H3. The lowest BCUT2D eigenvalue weighted by Crippen LogP contribution is -2.37. The number of nitrogens with zero attached hydrogens (tertiary/aromatic N) is 3. The number of hydrogen-bond donors (Lipinski definition) is 1. The lowest BCUT2D eigenvalue weighted by Gasteiger charge is -2.31. The summed E-state index contributed by atoms with van der Waals surface area (Å²) in [4.78, 5) is 20.9. The molecule has 2 heterocycles. The number of aromatic nitrogens is 1. The minimum absolute atomic E-state index is 0.0808. The summed E-state index contributed by atoms with van der Waals surface area (Å²) in [6.45, 7) is 4.14. The molecule has 0 radical (unpaired) electrons. The van der Waals surface area contributed by atoms with E-state index in [1.54, 1.807) is 17.3 Å². The van der Waals surface area contributed by atoms with E-state index in [1.165, 1.54) is 17.0 Å². The summed E-state index contributed by atoms with van der Waals surface area (Å²) in [6, 6.07) is 8.21. The molecule has 1 aliphatic rings. The third kappa shape index (κ3) is 3.75. The molecular formula is C17H22N4O2S. The second-order valence-electron chi connectivity index (χ2n) is 5.72. The second-order valence-corrected chi connectivity index (χ2v) is 6.66. The molecule has 2 N–H and O–H groups in total. The number of hydrogen-bond acceptors (Lipinski definition) is 6. The summed E-state index contributed by atoms with van der Waals surface area (Å²) in [5.74, 6) is -0.0808. The van der Waals surface area contributed by atoms with Gasteiger partial charge in [0.25, 0.3) is 5.91 Å². The number of morpholine rings is 1. The van der Waals surface area contributed by atoms with Gasteiger partial charge in [-0.1, -0.05) is 18.2 Å². The molecule has 1 fully saturated rings. The highest BCUT2D eigenvalue weighted by atomic mass is 32.1. The van der Waals surface area contributed by atoms with Crippen LogP contribution in [0, 0.1) is 0 Å². The van der Waals surface area contributed by atoms with Crippen LogP contribution >= 0.6 is 11.3 Å². The van der Waals surface area contributed by atoms with Crippen molar-refractivity contribution in [2.24, 2.45) is 5.73 Å². The number of thiazole rings is 1. The lowest BCUT2D eigenvalue weighted by atomic mass is 10.1. The quantitative estimate of drug-likeness (QED) is 0.892. The van der Waals surface area contributed by atoms with Gasteiger partial charge < -0.3 is 20.3 Å². The smallest absolute Gasteiger partial charge is 0.273 e. The van der Waals surface area contributed by atoms with Gasteiger partial charge in [-0.25, -0.2) is 4.98 Å². The van der Waals surface area contributed by atoms with Crippen molar-refractivity contribution in [3.8, 4) is 0 Å². The van der Waals surface area contributed by atoms with Crippen molar-refractivity contribution in [3.05, 3.63) is 45.9 Å². The zero-order valence-corrected chi connectivity index (χ0v) is 14.6. The first-order valence-electron chi connectivity index (χ1n) is 7.99. The molecule has 0 spiro atoms. The number of nitrogens with two attached hydrogens (primary N) is 1. The van der Waals surface area contributed by atoms with Crippen LogP contribution in [0.3, 0.4) is 0 Å². The van der Waals surface area contributed by atoms with Gasteiger partial charge in [0.1, 0.15) is 10.7 Å². The van der Waals surface area contributed by atoms with Gasteiger partial charge in [0.15, 0.2) is 0 Å². The summed E-state index contributed by atoms with van der Waals surface area (Å²) < 4.78 is 5.43. The minimum atomic E-state index is -0.0808. The molecule has 1 saturated heterocycles. The summed E-state index contributed by atoms with van der Waals surface area (Å²) >= 11 is 1.42. The Hall–Kier alpha value is -1.96. The average Bonchev–Trinajstić information content (AvgIpc) is 3.11. The molecule has 0 aliphatic carbocycles. The van der Waals surface area contributed by atoms with Gasteiger partial charge in [-0.15, -0.1) is 11.3 Å². The van der Waals surface area contributed by atoms with Crippen LogP contribution < -0.4 is 10.6 Å². The molecular weight excluding hydrogens is 324 g/mol. The number of benzene rings is 1. The predicted octanol–water partition coefficient (Wildman–Crippen LogP) is 1.71. The van der Waals surface area contributed by atoms with Gasteiger partial charge in [0.05, 0.1) is 13.2 Å². The van der Waals surface area contributed by atoms with E-state index < -0.39 is 0 Å². The Kier molecular flexibility index (Phi) is 5.44. The fraction of sp³-hybridized carbons (Fsp3) is 0.412.